The first kappa shape index (κ1) is 25.8. The van der Waals surface area contributed by atoms with E-state index < -0.39 is 15.9 Å². The topological polar surface area (TPSA) is 83.8 Å². The summed E-state index contributed by atoms with van der Waals surface area (Å²) in [6.07, 6.45) is 2.59. The van der Waals surface area contributed by atoms with Crippen LogP contribution in [0.4, 0.5) is 5.69 Å². The van der Waals surface area contributed by atoms with Gasteiger partial charge in [0.25, 0.3) is 5.91 Å². The van der Waals surface area contributed by atoms with Gasteiger partial charge in [-0.1, -0.05) is 41.4 Å². The highest BCUT2D eigenvalue weighted by atomic mass is 35.5. The largest absolute Gasteiger partial charge is 0.316 e. The molecule has 1 aromatic heterocycles. The molecule has 2 aromatic carbocycles. The van der Waals surface area contributed by atoms with Gasteiger partial charge in [0.05, 0.1) is 28.9 Å². The maximum atomic E-state index is 12.6. The zero-order valence-corrected chi connectivity index (χ0v) is 21.9. The second-order valence-electron chi connectivity index (χ2n) is 8.06. The number of nitrogens with one attached hydrogen (secondary N) is 1. The van der Waals surface area contributed by atoms with E-state index in [-0.39, 0.29) is 6.54 Å². The Morgan fingerprint density at radius 2 is 1.74 bits per heavy atom. The summed E-state index contributed by atoms with van der Waals surface area (Å²) in [5.41, 5.74) is 7.71. The van der Waals surface area contributed by atoms with E-state index in [2.05, 4.69) is 10.5 Å². The lowest BCUT2D eigenvalue weighted by Crippen LogP contribution is -2.39. The molecule has 1 heterocycles. The molecule has 1 N–H and O–H groups in total. The van der Waals surface area contributed by atoms with E-state index >= 15 is 0 Å². The number of rotatable bonds is 7. The predicted octanol–water partition coefficient (Wildman–Crippen LogP) is 4.93. The summed E-state index contributed by atoms with van der Waals surface area (Å²) >= 11 is 12.5. The Morgan fingerprint density at radius 1 is 1.09 bits per heavy atom. The number of para-hydroxylation sites is 1. The van der Waals surface area contributed by atoms with E-state index in [9.17, 15) is 13.2 Å². The third-order valence-electron chi connectivity index (χ3n) is 5.39. The summed E-state index contributed by atoms with van der Waals surface area (Å²) < 4.78 is 27.9. The smallest absolute Gasteiger partial charge is 0.260 e. The van der Waals surface area contributed by atoms with Crippen molar-refractivity contribution in [2.75, 3.05) is 17.1 Å². The van der Waals surface area contributed by atoms with Crippen LogP contribution in [0.25, 0.3) is 5.69 Å². The molecule has 1 amide bonds. The number of hydrazone groups is 1. The summed E-state index contributed by atoms with van der Waals surface area (Å²) in [5, 5.41) is 5.16. The first-order valence-electron chi connectivity index (χ1n) is 10.4. The molecule has 0 spiro atoms. The molecule has 0 bridgehead atoms. The Hall–Kier alpha value is -2.81. The molecule has 3 aromatic rings. The van der Waals surface area contributed by atoms with Crippen molar-refractivity contribution in [3.05, 3.63) is 80.6 Å². The van der Waals surface area contributed by atoms with E-state index in [0.29, 0.717) is 15.7 Å². The highest BCUT2D eigenvalue weighted by Gasteiger charge is 2.23. The minimum absolute atomic E-state index is 0.390. The van der Waals surface area contributed by atoms with Crippen molar-refractivity contribution in [1.82, 2.24) is 9.99 Å². The van der Waals surface area contributed by atoms with E-state index in [0.717, 1.165) is 44.3 Å². The number of benzene rings is 2. The van der Waals surface area contributed by atoms with Crippen molar-refractivity contribution >= 4 is 51.0 Å². The van der Waals surface area contributed by atoms with Crippen molar-refractivity contribution < 1.29 is 13.2 Å². The Kier molecular flexibility index (Phi) is 7.75. The van der Waals surface area contributed by atoms with Crippen molar-refractivity contribution in [2.24, 2.45) is 5.10 Å². The number of nitrogens with zero attached hydrogens (tertiary/aromatic N) is 3. The molecule has 0 saturated heterocycles. The van der Waals surface area contributed by atoms with Gasteiger partial charge < -0.3 is 4.57 Å². The first-order chi connectivity index (χ1) is 15.9. The fourth-order valence-electron chi connectivity index (χ4n) is 3.85. The average Bonchev–Trinajstić information content (AvgIpc) is 3.01. The van der Waals surface area contributed by atoms with Crippen LogP contribution in [0, 0.1) is 27.7 Å². The maximum absolute atomic E-state index is 12.6. The first-order valence-corrected chi connectivity index (χ1v) is 13.0. The van der Waals surface area contributed by atoms with Crippen LogP contribution in [0.1, 0.15) is 28.1 Å². The molecular weight excluding hydrogens is 495 g/mol. The zero-order chi connectivity index (χ0) is 25.2. The number of carbonyl (C=O) groups is 1. The quantitative estimate of drug-likeness (QED) is 0.353. The van der Waals surface area contributed by atoms with Crippen molar-refractivity contribution in [2.45, 2.75) is 27.7 Å². The van der Waals surface area contributed by atoms with Crippen LogP contribution in [0.3, 0.4) is 0 Å². The molecule has 0 saturated carbocycles. The van der Waals surface area contributed by atoms with Gasteiger partial charge in [0.2, 0.25) is 10.0 Å². The molecule has 0 aliphatic heterocycles. The summed E-state index contributed by atoms with van der Waals surface area (Å²) in [7, 11) is -3.69. The van der Waals surface area contributed by atoms with Gasteiger partial charge in [-0.05, 0) is 63.1 Å². The minimum Gasteiger partial charge on any atom is -0.316 e. The van der Waals surface area contributed by atoms with Gasteiger partial charge in [-0.25, -0.2) is 13.8 Å². The fourth-order valence-corrected chi connectivity index (χ4v) is 5.19. The molecule has 0 atom stereocenters. The standard InChI is InChI=1S/C24H26Cl2N4O3S/c1-15-7-6-8-16(2)24(15)29(34(5,32)33)14-23(31)28-27-13-19-11-17(3)30(18(19)4)22-12-20(25)9-10-21(22)26/h6-13H,14H2,1-5H3,(H,28,31)/b27-13-. The molecule has 0 unspecified atom stereocenters. The minimum atomic E-state index is -3.69. The second kappa shape index (κ2) is 10.2. The summed E-state index contributed by atoms with van der Waals surface area (Å²) in [6, 6.07) is 12.6. The van der Waals surface area contributed by atoms with Crippen LogP contribution in [-0.2, 0) is 14.8 Å². The van der Waals surface area contributed by atoms with Gasteiger partial charge >= 0.3 is 0 Å². The van der Waals surface area contributed by atoms with Crippen LogP contribution in [0.2, 0.25) is 10.0 Å². The summed E-state index contributed by atoms with van der Waals surface area (Å²) in [5.74, 6) is -0.559. The van der Waals surface area contributed by atoms with E-state index in [4.69, 9.17) is 23.2 Å². The summed E-state index contributed by atoms with van der Waals surface area (Å²) in [6.45, 7) is 7.05. The third kappa shape index (κ3) is 5.63. The molecule has 34 heavy (non-hydrogen) atoms. The van der Waals surface area contributed by atoms with Crippen LogP contribution < -0.4 is 9.73 Å². The van der Waals surface area contributed by atoms with Gasteiger partial charge in [-0.3, -0.25) is 9.10 Å². The molecule has 0 aliphatic carbocycles. The molecule has 0 fully saturated rings. The molecule has 3 rings (SSSR count). The Morgan fingerprint density at radius 3 is 2.35 bits per heavy atom. The van der Waals surface area contributed by atoms with Crippen molar-refractivity contribution in [3.63, 3.8) is 0 Å². The molecule has 7 nitrogen and oxygen atoms in total. The number of aryl methyl sites for hydroxylation is 3. The molecular formula is C24H26Cl2N4O3S. The van der Waals surface area contributed by atoms with Crippen molar-refractivity contribution in [1.29, 1.82) is 0 Å². The highest BCUT2D eigenvalue weighted by Crippen LogP contribution is 2.29. The number of aromatic nitrogens is 1. The number of hydrogen-bond donors (Lipinski definition) is 1. The average molecular weight is 521 g/mol. The van der Waals surface area contributed by atoms with Gasteiger partial charge in [-0.2, -0.15) is 5.10 Å². The van der Waals surface area contributed by atoms with E-state index in [1.165, 1.54) is 6.21 Å². The van der Waals surface area contributed by atoms with Crippen LogP contribution in [0.5, 0.6) is 0 Å². The van der Waals surface area contributed by atoms with Crippen molar-refractivity contribution in [3.8, 4) is 5.69 Å². The number of halogens is 2. The normalized spacial score (nSPS) is 11.7. The fraction of sp³-hybridized carbons (Fsp3) is 0.250. The Balaban J connectivity index is 1.80. The Labute approximate surface area is 210 Å². The van der Waals surface area contributed by atoms with E-state index in [1.807, 2.05) is 30.5 Å². The number of amides is 1. The number of carbonyl (C=O) groups excluding carboxylic acids is 1. The number of anilines is 1. The highest BCUT2D eigenvalue weighted by molar-refractivity contribution is 7.92. The molecule has 180 valence electrons. The summed E-state index contributed by atoms with van der Waals surface area (Å²) in [4.78, 5) is 12.6. The zero-order valence-electron chi connectivity index (χ0n) is 19.6. The molecule has 10 heteroatoms. The lowest BCUT2D eigenvalue weighted by atomic mass is 10.1. The van der Waals surface area contributed by atoms with Crippen LogP contribution in [-0.4, -0.2) is 37.9 Å². The van der Waals surface area contributed by atoms with Gasteiger partial charge in [-0.15, -0.1) is 0 Å². The second-order valence-corrected chi connectivity index (χ2v) is 10.8. The maximum Gasteiger partial charge on any atom is 0.260 e. The van der Waals surface area contributed by atoms with Gasteiger partial charge in [0.1, 0.15) is 6.54 Å². The number of sulfonamides is 1. The Bertz CT molecular complexity index is 1360. The monoisotopic (exact) mass is 520 g/mol. The van der Waals surface area contributed by atoms with Gasteiger partial charge in [0, 0.05) is 22.0 Å². The van der Waals surface area contributed by atoms with Crippen LogP contribution in [0.15, 0.2) is 47.6 Å². The lowest BCUT2D eigenvalue weighted by Gasteiger charge is -2.25. The van der Waals surface area contributed by atoms with Crippen LogP contribution >= 0.6 is 23.2 Å². The molecule has 0 aliphatic rings. The van der Waals surface area contributed by atoms with Gasteiger partial charge in [0.15, 0.2) is 0 Å². The number of hydrogen-bond acceptors (Lipinski definition) is 4. The van der Waals surface area contributed by atoms with E-state index in [1.54, 1.807) is 44.2 Å². The third-order valence-corrected chi connectivity index (χ3v) is 7.06. The predicted molar refractivity (Wildman–Crippen MR) is 139 cm³/mol. The lowest BCUT2D eigenvalue weighted by molar-refractivity contribution is -0.119. The SMILES string of the molecule is Cc1cccc(C)c1N(CC(=O)N/N=C\c1cc(C)n(-c2cc(Cl)ccc2Cl)c1C)S(C)(=O)=O. The molecule has 0 radical (unpaired) electrons.